The van der Waals surface area contributed by atoms with E-state index in [-0.39, 0.29) is 0 Å². The molecule has 0 aromatic rings. The lowest BCUT2D eigenvalue weighted by molar-refractivity contribution is 0.342. The van der Waals surface area contributed by atoms with Gasteiger partial charge >= 0.3 is 0 Å². The minimum atomic E-state index is 0.552. The van der Waals surface area contributed by atoms with Crippen LogP contribution in [0, 0.1) is 11.8 Å². The second-order valence-electron chi connectivity index (χ2n) is 4.46. The number of allylic oxidation sites excluding steroid dienone is 2. The highest BCUT2D eigenvalue weighted by atomic mass is 14.9. The first-order chi connectivity index (χ1) is 7.17. The van der Waals surface area contributed by atoms with Gasteiger partial charge in [-0.05, 0) is 31.7 Å². The molecule has 0 bridgehead atoms. The number of unbranched alkanes of at least 4 members (excludes halogenated alkanes) is 1. The van der Waals surface area contributed by atoms with Crippen molar-refractivity contribution in [2.45, 2.75) is 46.1 Å². The summed E-state index contributed by atoms with van der Waals surface area (Å²) in [5.41, 5.74) is 0. The fourth-order valence-electron chi connectivity index (χ4n) is 2.02. The Bertz CT molecular complexity index is 182. The molecule has 0 radical (unpaired) electrons. The SMILES string of the molecule is C=CCC(/C=C\CCC)C(NC)C(C)C. The van der Waals surface area contributed by atoms with E-state index in [2.05, 4.69) is 51.9 Å². The van der Waals surface area contributed by atoms with Crippen LogP contribution in [0.1, 0.15) is 40.0 Å². The molecule has 0 rings (SSSR count). The normalized spacial score (nSPS) is 15.8. The summed E-state index contributed by atoms with van der Waals surface area (Å²) in [5.74, 6) is 1.24. The van der Waals surface area contributed by atoms with E-state index in [9.17, 15) is 0 Å². The van der Waals surface area contributed by atoms with Gasteiger partial charge in [0.1, 0.15) is 0 Å². The number of hydrogen-bond donors (Lipinski definition) is 1. The van der Waals surface area contributed by atoms with Crippen LogP contribution in [0.3, 0.4) is 0 Å². The smallest absolute Gasteiger partial charge is 0.0153 e. The molecule has 0 fully saturated rings. The van der Waals surface area contributed by atoms with Gasteiger partial charge in [-0.25, -0.2) is 0 Å². The summed E-state index contributed by atoms with van der Waals surface area (Å²) in [7, 11) is 2.05. The first-order valence-electron chi connectivity index (χ1n) is 6.12. The Labute approximate surface area is 95.7 Å². The van der Waals surface area contributed by atoms with Crippen molar-refractivity contribution >= 4 is 0 Å². The second-order valence-corrected chi connectivity index (χ2v) is 4.46. The molecule has 0 saturated heterocycles. The predicted molar refractivity (Wildman–Crippen MR) is 70.0 cm³/mol. The highest BCUT2D eigenvalue weighted by Crippen LogP contribution is 2.18. The van der Waals surface area contributed by atoms with E-state index in [0.29, 0.717) is 17.9 Å². The molecule has 0 aliphatic heterocycles. The Hall–Kier alpha value is -0.560. The molecule has 15 heavy (non-hydrogen) atoms. The highest BCUT2D eigenvalue weighted by Gasteiger charge is 2.19. The zero-order valence-electron chi connectivity index (χ0n) is 10.8. The minimum Gasteiger partial charge on any atom is -0.316 e. The fraction of sp³-hybridized carbons (Fsp3) is 0.714. The van der Waals surface area contributed by atoms with E-state index in [4.69, 9.17) is 0 Å². The Balaban J connectivity index is 4.39. The molecular formula is C14H27N. The van der Waals surface area contributed by atoms with Gasteiger partial charge in [0.2, 0.25) is 0 Å². The van der Waals surface area contributed by atoms with Gasteiger partial charge in [0, 0.05) is 6.04 Å². The van der Waals surface area contributed by atoms with Crippen LogP contribution >= 0.6 is 0 Å². The highest BCUT2D eigenvalue weighted by molar-refractivity contribution is 4.97. The van der Waals surface area contributed by atoms with E-state index in [1.54, 1.807) is 0 Å². The molecule has 0 amide bonds. The average Bonchev–Trinajstić information content (AvgIpc) is 2.18. The third kappa shape index (κ3) is 5.78. The maximum Gasteiger partial charge on any atom is 0.0153 e. The number of hydrogen-bond acceptors (Lipinski definition) is 1. The van der Waals surface area contributed by atoms with Crippen molar-refractivity contribution in [3.05, 3.63) is 24.8 Å². The molecule has 0 aliphatic carbocycles. The third-order valence-electron chi connectivity index (χ3n) is 2.79. The van der Waals surface area contributed by atoms with Gasteiger partial charge < -0.3 is 5.32 Å². The van der Waals surface area contributed by atoms with Crippen molar-refractivity contribution in [2.24, 2.45) is 11.8 Å². The first kappa shape index (κ1) is 14.4. The van der Waals surface area contributed by atoms with E-state index in [1.165, 1.54) is 12.8 Å². The zero-order valence-corrected chi connectivity index (χ0v) is 10.8. The molecule has 88 valence electrons. The van der Waals surface area contributed by atoms with Gasteiger partial charge in [-0.1, -0.05) is 45.4 Å². The summed E-state index contributed by atoms with van der Waals surface area (Å²) < 4.78 is 0. The van der Waals surface area contributed by atoms with Gasteiger partial charge in [0.15, 0.2) is 0 Å². The fourth-order valence-corrected chi connectivity index (χ4v) is 2.02. The summed E-state index contributed by atoms with van der Waals surface area (Å²) in [6.45, 7) is 10.6. The van der Waals surface area contributed by atoms with Crippen molar-refractivity contribution in [2.75, 3.05) is 7.05 Å². The lowest BCUT2D eigenvalue weighted by Gasteiger charge is -2.27. The Morgan fingerprint density at radius 2 is 2.00 bits per heavy atom. The van der Waals surface area contributed by atoms with Crippen LogP contribution in [0.2, 0.25) is 0 Å². The van der Waals surface area contributed by atoms with E-state index in [0.717, 1.165) is 6.42 Å². The molecule has 0 spiro atoms. The molecule has 0 aromatic heterocycles. The molecule has 0 aromatic carbocycles. The topological polar surface area (TPSA) is 12.0 Å². The summed E-state index contributed by atoms with van der Waals surface area (Å²) in [5, 5.41) is 3.41. The van der Waals surface area contributed by atoms with Gasteiger partial charge in [-0.15, -0.1) is 6.58 Å². The molecule has 0 heterocycles. The Morgan fingerprint density at radius 1 is 1.33 bits per heavy atom. The van der Waals surface area contributed by atoms with E-state index >= 15 is 0 Å². The lowest BCUT2D eigenvalue weighted by Crippen LogP contribution is -2.37. The molecular weight excluding hydrogens is 182 g/mol. The molecule has 2 atom stereocenters. The quantitative estimate of drug-likeness (QED) is 0.600. The van der Waals surface area contributed by atoms with Crippen LogP contribution in [0.25, 0.3) is 0 Å². The van der Waals surface area contributed by atoms with Crippen molar-refractivity contribution in [3.8, 4) is 0 Å². The van der Waals surface area contributed by atoms with Crippen molar-refractivity contribution < 1.29 is 0 Å². The van der Waals surface area contributed by atoms with Crippen molar-refractivity contribution in [3.63, 3.8) is 0 Å². The summed E-state index contributed by atoms with van der Waals surface area (Å²) in [6, 6.07) is 0.552. The monoisotopic (exact) mass is 209 g/mol. The van der Waals surface area contributed by atoms with Crippen molar-refractivity contribution in [1.29, 1.82) is 0 Å². The molecule has 2 unspecified atom stereocenters. The Morgan fingerprint density at radius 3 is 2.40 bits per heavy atom. The van der Waals surface area contributed by atoms with Crippen molar-refractivity contribution in [1.82, 2.24) is 5.32 Å². The van der Waals surface area contributed by atoms with Gasteiger partial charge in [0.25, 0.3) is 0 Å². The van der Waals surface area contributed by atoms with Crippen LogP contribution in [0.5, 0.6) is 0 Å². The molecule has 1 heteroatoms. The largest absolute Gasteiger partial charge is 0.316 e. The standard InChI is InChI=1S/C14H27N/c1-6-8-9-11-13(10-7-2)14(15-5)12(3)4/h7,9,11-15H,2,6,8,10H2,1,3-5H3/b11-9-. The molecule has 1 N–H and O–H groups in total. The van der Waals surface area contributed by atoms with Crippen LogP contribution in [0.15, 0.2) is 24.8 Å². The van der Waals surface area contributed by atoms with Crippen LogP contribution in [0.4, 0.5) is 0 Å². The second kappa shape index (κ2) is 8.72. The third-order valence-corrected chi connectivity index (χ3v) is 2.79. The molecule has 0 aliphatic rings. The molecule has 0 saturated carbocycles. The van der Waals surface area contributed by atoms with Gasteiger partial charge in [-0.3, -0.25) is 0 Å². The predicted octanol–water partition coefficient (Wildman–Crippen LogP) is 3.78. The minimum absolute atomic E-state index is 0.552. The lowest BCUT2D eigenvalue weighted by atomic mass is 9.87. The van der Waals surface area contributed by atoms with Crippen LogP contribution in [-0.4, -0.2) is 13.1 Å². The van der Waals surface area contributed by atoms with Gasteiger partial charge in [0.05, 0.1) is 0 Å². The number of nitrogens with one attached hydrogen (secondary N) is 1. The maximum atomic E-state index is 3.84. The summed E-state index contributed by atoms with van der Waals surface area (Å²) in [6.07, 6.45) is 10.1. The van der Waals surface area contributed by atoms with Gasteiger partial charge in [-0.2, -0.15) is 0 Å². The number of rotatable bonds is 8. The van der Waals surface area contributed by atoms with Crippen LogP contribution < -0.4 is 5.32 Å². The molecule has 1 nitrogen and oxygen atoms in total. The van der Waals surface area contributed by atoms with E-state index < -0.39 is 0 Å². The summed E-state index contributed by atoms with van der Waals surface area (Å²) in [4.78, 5) is 0. The zero-order chi connectivity index (χ0) is 11.7. The van der Waals surface area contributed by atoms with Crippen LogP contribution in [-0.2, 0) is 0 Å². The Kier molecular flexibility index (Phi) is 8.40. The van der Waals surface area contributed by atoms with E-state index in [1.807, 2.05) is 6.08 Å². The maximum absolute atomic E-state index is 3.84. The first-order valence-corrected chi connectivity index (χ1v) is 6.12. The average molecular weight is 209 g/mol. The summed E-state index contributed by atoms with van der Waals surface area (Å²) >= 11 is 0.